The third-order valence-electron chi connectivity index (χ3n) is 4.58. The van der Waals surface area contributed by atoms with E-state index in [1.165, 1.54) is 6.92 Å². The maximum Gasteiger partial charge on any atom is 0.460 e. The molecule has 0 aliphatic rings. The number of allylic oxidation sites excluding steroid dienone is 1. The zero-order valence-electron chi connectivity index (χ0n) is 16.7. The highest BCUT2D eigenvalue weighted by Crippen LogP contribution is 2.54. The van der Waals surface area contributed by atoms with Gasteiger partial charge in [-0.1, -0.05) is 25.3 Å². The summed E-state index contributed by atoms with van der Waals surface area (Å²) in [6.45, 7) is 5.05. The van der Waals surface area contributed by atoms with Crippen molar-refractivity contribution in [3.63, 3.8) is 0 Å². The van der Waals surface area contributed by atoms with Crippen LogP contribution in [-0.2, 0) is 9.53 Å². The van der Waals surface area contributed by atoms with Crippen LogP contribution in [0.1, 0.15) is 64.7 Å². The van der Waals surface area contributed by atoms with E-state index < -0.39 is 55.1 Å². The van der Waals surface area contributed by atoms with Crippen molar-refractivity contribution < 1.29 is 49.0 Å². The SMILES string of the molecule is C=CCCCCCCC(CCCC(F)(F)C(F)(F)C(F)(F)C(F)(F)F)C(=O)OCC. The van der Waals surface area contributed by atoms with Crippen molar-refractivity contribution in [3.8, 4) is 0 Å². The summed E-state index contributed by atoms with van der Waals surface area (Å²) in [7, 11) is 0. The molecular weight excluding hydrogens is 431 g/mol. The number of halogens is 9. The van der Waals surface area contributed by atoms with Gasteiger partial charge in [0.15, 0.2) is 0 Å². The molecule has 0 N–H and O–H groups in total. The molecule has 1 atom stereocenters. The van der Waals surface area contributed by atoms with Crippen molar-refractivity contribution in [2.45, 2.75) is 88.7 Å². The van der Waals surface area contributed by atoms with Crippen LogP contribution < -0.4 is 0 Å². The lowest BCUT2D eigenvalue weighted by atomic mass is 9.92. The summed E-state index contributed by atoms with van der Waals surface area (Å²) in [4.78, 5) is 11.9. The van der Waals surface area contributed by atoms with Gasteiger partial charge in [0.25, 0.3) is 0 Å². The molecule has 1 unspecified atom stereocenters. The topological polar surface area (TPSA) is 26.3 Å². The van der Waals surface area contributed by atoms with Crippen LogP contribution in [0, 0.1) is 5.92 Å². The Morgan fingerprint density at radius 3 is 1.90 bits per heavy atom. The van der Waals surface area contributed by atoms with Crippen LogP contribution in [0.4, 0.5) is 39.5 Å². The van der Waals surface area contributed by atoms with E-state index in [-0.39, 0.29) is 13.0 Å². The fourth-order valence-corrected chi connectivity index (χ4v) is 2.81. The van der Waals surface area contributed by atoms with Gasteiger partial charge in [-0.3, -0.25) is 4.79 Å². The van der Waals surface area contributed by atoms with Crippen molar-refractivity contribution in [3.05, 3.63) is 12.7 Å². The normalized spacial score (nSPS) is 14.5. The molecular formula is C19H27F9O2. The monoisotopic (exact) mass is 458 g/mol. The van der Waals surface area contributed by atoms with Gasteiger partial charge in [0.05, 0.1) is 12.5 Å². The van der Waals surface area contributed by atoms with E-state index in [0.717, 1.165) is 19.3 Å². The molecule has 30 heavy (non-hydrogen) atoms. The molecule has 0 amide bonds. The zero-order chi connectivity index (χ0) is 23.6. The average molecular weight is 458 g/mol. The van der Waals surface area contributed by atoms with Crippen LogP contribution in [-0.4, -0.2) is 36.5 Å². The summed E-state index contributed by atoms with van der Waals surface area (Å²) in [6.07, 6.45) is -4.37. The van der Waals surface area contributed by atoms with Crippen LogP contribution in [0.25, 0.3) is 0 Å². The van der Waals surface area contributed by atoms with Gasteiger partial charge in [0.1, 0.15) is 0 Å². The number of carbonyl (C=O) groups is 1. The van der Waals surface area contributed by atoms with E-state index in [0.29, 0.717) is 12.8 Å². The minimum atomic E-state index is -6.89. The summed E-state index contributed by atoms with van der Waals surface area (Å²) in [5, 5.41) is 0. The Morgan fingerprint density at radius 1 is 0.867 bits per heavy atom. The van der Waals surface area contributed by atoms with Gasteiger partial charge in [-0.25, -0.2) is 0 Å². The van der Waals surface area contributed by atoms with Crippen LogP contribution in [0.3, 0.4) is 0 Å². The maximum atomic E-state index is 13.6. The molecule has 2 nitrogen and oxygen atoms in total. The highest BCUT2D eigenvalue weighted by Gasteiger charge is 2.81. The Labute approximate surface area is 169 Å². The minimum absolute atomic E-state index is 0.0132. The lowest BCUT2D eigenvalue weighted by molar-refractivity contribution is -0.396. The van der Waals surface area contributed by atoms with Gasteiger partial charge in [-0.2, -0.15) is 39.5 Å². The van der Waals surface area contributed by atoms with Crippen molar-refractivity contribution >= 4 is 5.97 Å². The van der Waals surface area contributed by atoms with Gasteiger partial charge in [-0.05, 0) is 39.0 Å². The predicted octanol–water partition coefficient (Wildman–Crippen LogP) is 7.33. The lowest BCUT2D eigenvalue weighted by Crippen LogP contribution is -2.60. The van der Waals surface area contributed by atoms with E-state index in [1.54, 1.807) is 6.08 Å². The maximum absolute atomic E-state index is 13.6. The fraction of sp³-hybridized carbons (Fsp3) is 0.842. The first-order valence-corrected chi connectivity index (χ1v) is 9.63. The largest absolute Gasteiger partial charge is 0.466 e. The van der Waals surface area contributed by atoms with Gasteiger partial charge in [0.2, 0.25) is 0 Å². The van der Waals surface area contributed by atoms with E-state index in [4.69, 9.17) is 4.74 Å². The number of carbonyl (C=O) groups excluding carboxylic acids is 1. The Morgan fingerprint density at radius 2 is 1.40 bits per heavy atom. The molecule has 0 saturated heterocycles. The second kappa shape index (κ2) is 11.8. The molecule has 0 aromatic rings. The molecule has 0 spiro atoms. The molecule has 11 heteroatoms. The third kappa shape index (κ3) is 7.68. The molecule has 0 radical (unpaired) electrons. The predicted molar refractivity (Wildman–Crippen MR) is 92.8 cm³/mol. The molecule has 0 rings (SSSR count). The van der Waals surface area contributed by atoms with Gasteiger partial charge in [-0.15, -0.1) is 6.58 Å². The van der Waals surface area contributed by atoms with Crippen molar-refractivity contribution in [1.82, 2.24) is 0 Å². The summed E-state index contributed by atoms with van der Waals surface area (Å²) in [5.41, 5.74) is 0. The molecule has 0 saturated carbocycles. The molecule has 0 fully saturated rings. The highest BCUT2D eigenvalue weighted by atomic mass is 19.4. The molecule has 178 valence electrons. The quantitative estimate of drug-likeness (QED) is 0.111. The molecule has 0 aromatic carbocycles. The second-order valence-corrected chi connectivity index (χ2v) is 6.97. The fourth-order valence-electron chi connectivity index (χ4n) is 2.81. The minimum Gasteiger partial charge on any atom is -0.466 e. The molecule has 0 aromatic heterocycles. The molecule has 0 aliphatic heterocycles. The zero-order valence-corrected chi connectivity index (χ0v) is 16.7. The smallest absolute Gasteiger partial charge is 0.460 e. The Bertz CT molecular complexity index is 531. The number of esters is 1. The van der Waals surface area contributed by atoms with Crippen LogP contribution in [0.2, 0.25) is 0 Å². The number of hydrogen-bond donors (Lipinski definition) is 0. The summed E-state index contributed by atoms with van der Waals surface area (Å²) < 4.78 is 121. The highest BCUT2D eigenvalue weighted by molar-refractivity contribution is 5.72. The molecule has 0 bridgehead atoms. The van der Waals surface area contributed by atoms with Crippen LogP contribution in [0.15, 0.2) is 12.7 Å². The van der Waals surface area contributed by atoms with Crippen molar-refractivity contribution in [2.24, 2.45) is 5.92 Å². The summed E-state index contributed by atoms with van der Waals surface area (Å²) in [5.74, 6) is -20.8. The Hall–Kier alpha value is -1.42. The summed E-state index contributed by atoms with van der Waals surface area (Å²) in [6, 6.07) is 0. The van der Waals surface area contributed by atoms with Gasteiger partial charge >= 0.3 is 29.9 Å². The third-order valence-corrected chi connectivity index (χ3v) is 4.58. The van der Waals surface area contributed by atoms with E-state index >= 15 is 0 Å². The van der Waals surface area contributed by atoms with Crippen molar-refractivity contribution in [2.75, 3.05) is 6.61 Å². The number of alkyl halides is 9. The Balaban J connectivity index is 4.93. The van der Waals surface area contributed by atoms with E-state index in [1.807, 2.05) is 0 Å². The average Bonchev–Trinajstić information content (AvgIpc) is 2.61. The van der Waals surface area contributed by atoms with Gasteiger partial charge in [0, 0.05) is 6.42 Å². The first kappa shape index (κ1) is 28.6. The number of hydrogen-bond acceptors (Lipinski definition) is 2. The van der Waals surface area contributed by atoms with E-state index in [9.17, 15) is 44.3 Å². The summed E-state index contributed by atoms with van der Waals surface area (Å²) >= 11 is 0. The first-order chi connectivity index (χ1) is 13.7. The number of rotatable bonds is 15. The molecule has 0 heterocycles. The molecule has 0 aliphatic carbocycles. The van der Waals surface area contributed by atoms with Crippen LogP contribution in [0.5, 0.6) is 0 Å². The lowest BCUT2D eigenvalue weighted by Gasteiger charge is -2.33. The Kier molecular flexibility index (Phi) is 11.3. The number of ether oxygens (including phenoxy) is 1. The first-order valence-electron chi connectivity index (χ1n) is 9.63. The van der Waals surface area contributed by atoms with Crippen molar-refractivity contribution in [1.29, 1.82) is 0 Å². The standard InChI is InChI=1S/C19H27F9O2/c1-3-5-6-7-8-9-11-14(15(29)30-4-2)12-10-13-16(20,21)17(22,23)18(24,25)19(26,27)28/h3,14H,1,4-13H2,2H3. The second-order valence-electron chi connectivity index (χ2n) is 6.97. The van der Waals surface area contributed by atoms with Gasteiger partial charge < -0.3 is 4.74 Å². The van der Waals surface area contributed by atoms with E-state index in [2.05, 4.69) is 6.58 Å². The number of unbranched alkanes of at least 4 members (excludes halogenated alkanes) is 4. The van der Waals surface area contributed by atoms with Crippen LogP contribution >= 0.6 is 0 Å².